The van der Waals surface area contributed by atoms with Crippen LogP contribution in [-0.2, 0) is 9.53 Å². The summed E-state index contributed by atoms with van der Waals surface area (Å²) < 4.78 is 5.75. The molecule has 0 aromatic carbocycles. The van der Waals surface area contributed by atoms with Gasteiger partial charge in [-0.15, -0.1) is 0 Å². The Hall–Kier alpha value is -0.570. The fraction of sp³-hybridized carbons (Fsp3) is 0.933. The highest BCUT2D eigenvalue weighted by atomic mass is 16.5. The van der Waals surface area contributed by atoms with E-state index in [9.17, 15) is 4.79 Å². The highest BCUT2D eigenvalue weighted by molar-refractivity contribution is 5.69. The number of carbonyl (C=O) groups excluding carboxylic acids is 1. The number of ether oxygens (including phenoxy) is 1. The number of hydrogen-bond acceptors (Lipinski definition) is 3. The lowest BCUT2D eigenvalue weighted by Crippen LogP contribution is -2.70. The van der Waals surface area contributed by atoms with Crippen molar-refractivity contribution in [2.75, 3.05) is 7.05 Å². The number of carbonyl (C=O) groups is 1. The Labute approximate surface area is 111 Å². The van der Waals surface area contributed by atoms with Gasteiger partial charge in [-0.05, 0) is 47.1 Å². The minimum absolute atomic E-state index is 0.0166. The number of nitrogens with zero attached hydrogens (tertiary/aromatic N) is 1. The highest BCUT2D eigenvalue weighted by Gasteiger charge is 2.56. The summed E-state index contributed by atoms with van der Waals surface area (Å²) in [5.41, 5.74) is 0.317. The van der Waals surface area contributed by atoms with Crippen molar-refractivity contribution in [1.29, 1.82) is 0 Å². The van der Waals surface area contributed by atoms with E-state index in [1.165, 1.54) is 12.8 Å². The van der Waals surface area contributed by atoms with E-state index in [-0.39, 0.29) is 23.2 Å². The van der Waals surface area contributed by atoms with Gasteiger partial charge in [-0.3, -0.25) is 9.69 Å². The molecular weight excluding hydrogens is 226 g/mol. The van der Waals surface area contributed by atoms with Gasteiger partial charge in [0.15, 0.2) is 0 Å². The molecule has 2 heterocycles. The summed E-state index contributed by atoms with van der Waals surface area (Å²) in [6.07, 6.45) is 4.94. The zero-order chi connectivity index (χ0) is 13.6. The molecule has 0 spiro atoms. The first-order valence-corrected chi connectivity index (χ1v) is 7.24. The third-order valence-corrected chi connectivity index (χ3v) is 5.40. The maximum absolute atomic E-state index is 11.7. The summed E-state index contributed by atoms with van der Waals surface area (Å²) in [7, 11) is 2.22. The molecule has 0 aromatic heterocycles. The van der Waals surface area contributed by atoms with Crippen molar-refractivity contribution < 1.29 is 9.53 Å². The van der Waals surface area contributed by atoms with Gasteiger partial charge in [0, 0.05) is 29.8 Å². The molecule has 3 unspecified atom stereocenters. The van der Waals surface area contributed by atoms with Crippen LogP contribution in [0.25, 0.3) is 0 Å². The molecule has 2 aliphatic heterocycles. The summed E-state index contributed by atoms with van der Waals surface area (Å²) in [5, 5.41) is 0. The van der Waals surface area contributed by atoms with Crippen LogP contribution in [0.15, 0.2) is 0 Å². The van der Waals surface area contributed by atoms with Crippen molar-refractivity contribution >= 4 is 5.97 Å². The first-order chi connectivity index (χ1) is 8.31. The second kappa shape index (κ2) is 4.52. The van der Waals surface area contributed by atoms with Crippen molar-refractivity contribution in [2.45, 2.75) is 77.0 Å². The molecule has 3 aliphatic rings. The van der Waals surface area contributed by atoms with Crippen LogP contribution in [0.4, 0.5) is 0 Å². The lowest BCUT2D eigenvalue weighted by Gasteiger charge is -2.63. The minimum atomic E-state index is -0.0166. The molecule has 2 saturated heterocycles. The number of piperidine rings is 2. The van der Waals surface area contributed by atoms with E-state index in [0.29, 0.717) is 12.3 Å². The molecule has 0 aromatic rings. The summed E-state index contributed by atoms with van der Waals surface area (Å²) in [5.74, 6) is 0.460. The van der Waals surface area contributed by atoms with E-state index < -0.39 is 0 Å². The van der Waals surface area contributed by atoms with Crippen LogP contribution < -0.4 is 0 Å². The monoisotopic (exact) mass is 253 g/mol. The molecule has 3 fully saturated rings. The molecule has 18 heavy (non-hydrogen) atoms. The van der Waals surface area contributed by atoms with Gasteiger partial charge in [0.2, 0.25) is 0 Å². The molecule has 104 valence electrons. The van der Waals surface area contributed by atoms with Gasteiger partial charge >= 0.3 is 5.97 Å². The molecule has 3 heteroatoms. The van der Waals surface area contributed by atoms with Crippen molar-refractivity contribution in [3.05, 3.63) is 0 Å². The van der Waals surface area contributed by atoms with Crippen LogP contribution in [-0.4, -0.2) is 35.1 Å². The summed E-state index contributed by atoms with van der Waals surface area (Å²) in [4.78, 5) is 14.2. The van der Waals surface area contributed by atoms with E-state index in [0.717, 1.165) is 12.8 Å². The number of rotatable bonds is 3. The molecular formula is C15H27NO2. The third-order valence-electron chi connectivity index (χ3n) is 5.40. The second-order valence-corrected chi connectivity index (χ2v) is 6.84. The molecule has 3 rings (SSSR count). The zero-order valence-corrected chi connectivity index (χ0v) is 12.5. The number of hydrogen-bond donors (Lipinski definition) is 0. The molecule has 3 atom stereocenters. The van der Waals surface area contributed by atoms with Crippen LogP contribution in [0, 0.1) is 5.92 Å². The summed E-state index contributed by atoms with van der Waals surface area (Å²) >= 11 is 0. The first kappa shape index (κ1) is 13.9. The predicted molar refractivity (Wildman–Crippen MR) is 72.4 cm³/mol. The van der Waals surface area contributed by atoms with Crippen LogP contribution in [0.1, 0.15) is 59.8 Å². The Morgan fingerprint density at radius 1 is 1.39 bits per heavy atom. The quantitative estimate of drug-likeness (QED) is 0.724. The van der Waals surface area contributed by atoms with Crippen LogP contribution in [0.3, 0.4) is 0 Å². The predicted octanol–water partition coefficient (Wildman–Crippen LogP) is 2.98. The lowest BCUT2D eigenvalue weighted by molar-refractivity contribution is -0.189. The maximum atomic E-state index is 11.7. The topological polar surface area (TPSA) is 29.5 Å². The van der Waals surface area contributed by atoms with E-state index in [1.54, 1.807) is 0 Å². The SMILES string of the molecule is CCCC(=O)OC1CC2(C)CCC1C(C)(C)N2C. The van der Waals surface area contributed by atoms with E-state index in [2.05, 4.69) is 32.7 Å². The van der Waals surface area contributed by atoms with Crippen LogP contribution in [0.2, 0.25) is 0 Å². The number of esters is 1. The molecule has 0 radical (unpaired) electrons. The Balaban J connectivity index is 2.14. The van der Waals surface area contributed by atoms with Gasteiger partial charge in [0.05, 0.1) is 0 Å². The smallest absolute Gasteiger partial charge is 0.306 e. The van der Waals surface area contributed by atoms with Gasteiger partial charge in [-0.2, -0.15) is 0 Å². The summed E-state index contributed by atoms with van der Waals surface area (Å²) in [6, 6.07) is 0. The maximum Gasteiger partial charge on any atom is 0.306 e. The average molecular weight is 253 g/mol. The molecule has 0 N–H and O–H groups in total. The van der Waals surface area contributed by atoms with Gasteiger partial charge in [0.25, 0.3) is 0 Å². The Morgan fingerprint density at radius 2 is 2.06 bits per heavy atom. The van der Waals surface area contributed by atoms with Gasteiger partial charge in [0.1, 0.15) is 6.10 Å². The van der Waals surface area contributed by atoms with Crippen molar-refractivity contribution in [1.82, 2.24) is 4.90 Å². The van der Waals surface area contributed by atoms with E-state index >= 15 is 0 Å². The zero-order valence-electron chi connectivity index (χ0n) is 12.5. The van der Waals surface area contributed by atoms with Gasteiger partial charge in [-0.25, -0.2) is 0 Å². The molecule has 1 saturated carbocycles. The van der Waals surface area contributed by atoms with Crippen LogP contribution >= 0.6 is 0 Å². The van der Waals surface area contributed by atoms with Crippen molar-refractivity contribution in [3.63, 3.8) is 0 Å². The molecule has 3 nitrogen and oxygen atoms in total. The van der Waals surface area contributed by atoms with Gasteiger partial charge in [-0.1, -0.05) is 6.92 Å². The number of fused-ring (bicyclic) bond motifs is 3. The Morgan fingerprint density at radius 3 is 2.61 bits per heavy atom. The normalized spacial score (nSPS) is 38.7. The molecule has 1 aliphatic carbocycles. The van der Waals surface area contributed by atoms with E-state index in [1.807, 2.05) is 6.92 Å². The van der Waals surface area contributed by atoms with Crippen molar-refractivity contribution in [2.24, 2.45) is 5.92 Å². The average Bonchev–Trinajstić information content (AvgIpc) is 2.26. The molecule has 0 amide bonds. The Bertz CT molecular complexity index is 335. The fourth-order valence-corrected chi connectivity index (χ4v) is 3.94. The largest absolute Gasteiger partial charge is 0.462 e. The standard InChI is InChI=1S/C15H27NO2/c1-6-7-13(17)18-12-10-15(4)9-8-11(12)14(2,3)16(15)5/h11-12H,6-10H2,1-5H3. The molecule has 2 bridgehead atoms. The second-order valence-electron chi connectivity index (χ2n) is 6.84. The van der Waals surface area contributed by atoms with Crippen molar-refractivity contribution in [3.8, 4) is 0 Å². The lowest BCUT2D eigenvalue weighted by atomic mass is 9.61. The van der Waals surface area contributed by atoms with Crippen LogP contribution in [0.5, 0.6) is 0 Å². The minimum Gasteiger partial charge on any atom is -0.462 e. The summed E-state index contributed by atoms with van der Waals surface area (Å²) in [6.45, 7) is 8.90. The Kier molecular flexibility index (Phi) is 3.48. The van der Waals surface area contributed by atoms with E-state index in [4.69, 9.17) is 4.74 Å². The fourth-order valence-electron chi connectivity index (χ4n) is 3.94. The third kappa shape index (κ3) is 2.07. The van der Waals surface area contributed by atoms with Gasteiger partial charge < -0.3 is 4.74 Å². The first-order valence-electron chi connectivity index (χ1n) is 7.24. The highest BCUT2D eigenvalue weighted by Crippen LogP contribution is 2.51.